The van der Waals surface area contributed by atoms with Crippen LogP contribution in [0.5, 0.6) is 5.75 Å². The van der Waals surface area contributed by atoms with E-state index in [1.807, 2.05) is 6.07 Å². The van der Waals surface area contributed by atoms with Crippen LogP contribution in [0.1, 0.15) is 62.5 Å². The first-order chi connectivity index (χ1) is 17.3. The molecule has 0 amide bonds. The predicted octanol–water partition coefficient (Wildman–Crippen LogP) is 7.51. The van der Waals surface area contributed by atoms with E-state index in [4.69, 9.17) is 4.89 Å². The molecule has 2 aromatic carbocycles. The molecule has 10 heteroatoms. The van der Waals surface area contributed by atoms with E-state index in [-0.39, 0.29) is 17.8 Å². The number of rotatable bonds is 15. The van der Waals surface area contributed by atoms with Crippen molar-refractivity contribution in [1.82, 2.24) is 5.32 Å². The molecule has 0 aliphatic heterocycles. The molecule has 3 rings (SSSR count). The maximum absolute atomic E-state index is 13.0. The summed E-state index contributed by atoms with van der Waals surface area (Å²) in [4.78, 5) is 9.08. The topological polar surface area (TPSA) is 67.8 Å². The van der Waals surface area contributed by atoms with Gasteiger partial charge in [0.05, 0.1) is 0 Å². The Kier molecular flexibility index (Phi) is 11.5. The second kappa shape index (κ2) is 14.3. The minimum Gasteiger partial charge on any atom is -0.405 e. The quantitative estimate of drug-likeness (QED) is 0.137. The van der Waals surface area contributed by atoms with Crippen molar-refractivity contribution in [1.29, 1.82) is 0 Å². The van der Waals surface area contributed by atoms with Gasteiger partial charge in [0.1, 0.15) is 12.4 Å². The van der Waals surface area contributed by atoms with Crippen molar-refractivity contribution in [2.45, 2.75) is 74.6 Å². The van der Waals surface area contributed by atoms with Gasteiger partial charge in [-0.3, -0.25) is 0 Å². The van der Waals surface area contributed by atoms with Crippen LogP contribution < -0.4 is 10.1 Å². The van der Waals surface area contributed by atoms with Gasteiger partial charge in [-0.1, -0.05) is 55.7 Å². The molecule has 198 valence electrons. The van der Waals surface area contributed by atoms with Crippen molar-refractivity contribution in [2.24, 2.45) is 0 Å². The zero-order chi connectivity index (χ0) is 25.9. The molecule has 1 fully saturated rings. The summed E-state index contributed by atoms with van der Waals surface area (Å²) in [6.45, 7) is 0.981. The third-order valence-corrected chi connectivity index (χ3v) is 8.06. The second-order valence-electron chi connectivity index (χ2n) is 9.09. The Labute approximate surface area is 216 Å². The average molecular weight is 545 g/mol. The van der Waals surface area contributed by atoms with Crippen molar-refractivity contribution >= 4 is 20.0 Å². The molecule has 1 aliphatic carbocycles. The number of ether oxygens (including phenoxy) is 1. The van der Waals surface area contributed by atoms with Gasteiger partial charge in [-0.2, -0.15) is 0 Å². The van der Waals surface area contributed by atoms with Crippen molar-refractivity contribution in [3.63, 3.8) is 0 Å². The number of hydrogen-bond donors (Lipinski definition) is 2. The molecule has 0 radical (unpaired) electrons. The van der Waals surface area contributed by atoms with Gasteiger partial charge in [0, 0.05) is 16.0 Å². The number of unbranched alkanes of at least 4 members (excludes halogenated alkanes) is 1. The lowest BCUT2D eigenvalue weighted by Gasteiger charge is -2.30. The molecular formula is C26H34F3NO4PS+. The molecule has 0 saturated heterocycles. The summed E-state index contributed by atoms with van der Waals surface area (Å²) in [5.41, 5.74) is 2.32. The van der Waals surface area contributed by atoms with E-state index in [9.17, 15) is 17.7 Å². The van der Waals surface area contributed by atoms with Crippen LogP contribution in [0.3, 0.4) is 0 Å². The summed E-state index contributed by atoms with van der Waals surface area (Å²) in [6.07, 6.45) is 3.73. The monoisotopic (exact) mass is 544 g/mol. The number of nitrogens with one attached hydrogen (secondary N) is 1. The number of benzene rings is 2. The molecule has 36 heavy (non-hydrogen) atoms. The SMILES string of the molecule is O=[P+](O)OCCCNCc1ccc(SCCCCC2(c3ccccc3)CCCC2)c(OC(F)(F)F)c1. The number of halogens is 3. The van der Waals surface area contributed by atoms with Crippen molar-refractivity contribution in [3.05, 3.63) is 59.7 Å². The standard InChI is InChI=1S/C26H33F3NO4PS/c27-26(28,29)34-23-19-21(20-30-16-8-17-33-35(31)32)11-12-24(23)36-18-7-6-15-25(13-4-5-14-25)22-9-2-1-3-10-22/h1-3,9-12,19,30H,4-8,13-18,20H2/p+1. The zero-order valence-corrected chi connectivity index (χ0v) is 22.0. The van der Waals surface area contributed by atoms with Crippen LogP contribution in [0.2, 0.25) is 0 Å². The number of thioether (sulfide) groups is 1. The molecular weight excluding hydrogens is 510 g/mol. The second-order valence-corrected chi connectivity index (χ2v) is 11.0. The molecule has 0 aromatic heterocycles. The van der Waals surface area contributed by atoms with Crippen LogP contribution in [0, 0.1) is 0 Å². The molecule has 1 atom stereocenters. The largest absolute Gasteiger partial charge is 0.694 e. The Bertz CT molecular complexity index is 956. The number of alkyl halides is 3. The van der Waals surface area contributed by atoms with Crippen LogP contribution in [0.25, 0.3) is 0 Å². The van der Waals surface area contributed by atoms with Gasteiger partial charge in [-0.05, 0) is 73.1 Å². The third-order valence-electron chi connectivity index (χ3n) is 6.52. The van der Waals surface area contributed by atoms with Gasteiger partial charge in [0.25, 0.3) is 0 Å². The molecule has 5 nitrogen and oxygen atoms in total. The molecule has 2 aromatic rings. The van der Waals surface area contributed by atoms with Crippen LogP contribution in [0.4, 0.5) is 13.2 Å². The Morgan fingerprint density at radius 3 is 2.50 bits per heavy atom. The zero-order valence-electron chi connectivity index (χ0n) is 20.3. The van der Waals surface area contributed by atoms with Gasteiger partial charge in [0.2, 0.25) is 0 Å². The smallest absolute Gasteiger partial charge is 0.405 e. The first-order valence-electron chi connectivity index (χ1n) is 12.3. The van der Waals surface area contributed by atoms with Crippen LogP contribution >= 0.6 is 20.0 Å². The van der Waals surface area contributed by atoms with Crippen LogP contribution in [-0.4, -0.2) is 30.2 Å². The summed E-state index contributed by atoms with van der Waals surface area (Å²) in [6, 6.07) is 15.6. The Morgan fingerprint density at radius 1 is 1.06 bits per heavy atom. The highest BCUT2D eigenvalue weighted by atomic mass is 32.2. The lowest BCUT2D eigenvalue weighted by molar-refractivity contribution is -0.275. The minimum absolute atomic E-state index is 0.128. The van der Waals surface area contributed by atoms with Gasteiger partial charge in [0.15, 0.2) is 0 Å². The van der Waals surface area contributed by atoms with Crippen molar-refractivity contribution < 1.29 is 31.9 Å². The summed E-state index contributed by atoms with van der Waals surface area (Å²) >= 11 is 1.40. The fraction of sp³-hybridized carbons (Fsp3) is 0.538. The Morgan fingerprint density at radius 2 is 1.81 bits per heavy atom. The molecule has 0 bridgehead atoms. The molecule has 1 unspecified atom stereocenters. The molecule has 1 aliphatic rings. The van der Waals surface area contributed by atoms with E-state index in [1.165, 1.54) is 49.1 Å². The van der Waals surface area contributed by atoms with Crippen LogP contribution in [-0.2, 0) is 21.0 Å². The fourth-order valence-corrected chi connectivity index (χ4v) is 6.09. The highest BCUT2D eigenvalue weighted by Crippen LogP contribution is 2.45. The molecule has 0 spiro atoms. The van der Waals surface area contributed by atoms with E-state index in [1.54, 1.807) is 12.1 Å². The average Bonchev–Trinajstić information content (AvgIpc) is 3.32. The highest BCUT2D eigenvalue weighted by molar-refractivity contribution is 7.99. The Hall–Kier alpha value is -1.64. The maximum Gasteiger partial charge on any atom is 0.694 e. The number of hydrogen-bond acceptors (Lipinski definition) is 5. The molecule has 1 saturated carbocycles. The Balaban J connectivity index is 1.50. The predicted molar refractivity (Wildman–Crippen MR) is 136 cm³/mol. The summed E-state index contributed by atoms with van der Waals surface area (Å²) in [5, 5.41) is 3.09. The molecule has 0 heterocycles. The first kappa shape index (κ1) is 28.9. The van der Waals surface area contributed by atoms with Crippen molar-refractivity contribution in [3.8, 4) is 5.75 Å². The van der Waals surface area contributed by atoms with Gasteiger partial charge in [-0.25, -0.2) is 0 Å². The van der Waals surface area contributed by atoms with Crippen molar-refractivity contribution in [2.75, 3.05) is 18.9 Å². The fourth-order valence-electron chi connectivity index (χ4n) is 4.83. The summed E-state index contributed by atoms with van der Waals surface area (Å²) in [5.74, 6) is 0.549. The lowest BCUT2D eigenvalue weighted by atomic mass is 9.75. The van der Waals surface area contributed by atoms with Crippen LogP contribution in [0.15, 0.2) is 53.4 Å². The van der Waals surface area contributed by atoms with Gasteiger partial charge in [-0.15, -0.1) is 34.4 Å². The third kappa shape index (κ3) is 9.67. The van der Waals surface area contributed by atoms with E-state index in [0.29, 0.717) is 30.0 Å². The summed E-state index contributed by atoms with van der Waals surface area (Å²) < 4.78 is 58.4. The maximum atomic E-state index is 13.0. The van der Waals surface area contributed by atoms with E-state index in [0.717, 1.165) is 25.0 Å². The first-order valence-corrected chi connectivity index (χ1v) is 14.5. The normalized spacial score (nSPS) is 15.7. The molecule has 2 N–H and O–H groups in total. The van der Waals surface area contributed by atoms with Gasteiger partial charge >= 0.3 is 14.6 Å². The van der Waals surface area contributed by atoms with E-state index >= 15 is 0 Å². The summed E-state index contributed by atoms with van der Waals surface area (Å²) in [7, 11) is -2.61. The highest BCUT2D eigenvalue weighted by Gasteiger charge is 2.35. The van der Waals surface area contributed by atoms with Gasteiger partial charge < -0.3 is 10.1 Å². The van der Waals surface area contributed by atoms with E-state index in [2.05, 4.69) is 38.8 Å². The lowest BCUT2D eigenvalue weighted by Crippen LogP contribution is -2.21. The minimum atomic E-state index is -4.76. The van der Waals surface area contributed by atoms with E-state index < -0.39 is 14.6 Å².